The van der Waals surface area contributed by atoms with E-state index >= 15 is 0 Å². The SMILES string of the molecule is CC1(C)c2ccccc2-c2ccc(-c3ccccc3-c3c4ccc(N5c6ccccc6Oc6ccccc65)cc4c(-c4ccccc4-c4ccc5c(c4)C(C)(C)c4ccccc4-5)c4ccc(N5C6=C(CCC=C6)Oc6ccccc65)cc34)cc21. The highest BCUT2D eigenvalue weighted by molar-refractivity contribution is 6.24. The lowest BCUT2D eigenvalue weighted by Crippen LogP contribution is -2.24. The smallest absolute Gasteiger partial charge is 0.151 e. The number of benzene rings is 12. The zero-order chi connectivity index (χ0) is 56.0. The van der Waals surface area contributed by atoms with E-state index < -0.39 is 0 Å². The van der Waals surface area contributed by atoms with Crippen LogP contribution in [0.25, 0.3) is 88.3 Å². The third-order valence-electron chi connectivity index (χ3n) is 18.9. The maximum absolute atomic E-state index is 6.73. The fraction of sp³-hybridized carbons (Fsp3) is 0.100. The van der Waals surface area contributed by atoms with Gasteiger partial charge in [-0.15, -0.1) is 0 Å². The molecule has 0 aromatic heterocycles. The summed E-state index contributed by atoms with van der Waals surface area (Å²) in [5.74, 6) is 3.50. The summed E-state index contributed by atoms with van der Waals surface area (Å²) in [7, 11) is 0. The van der Waals surface area contributed by atoms with Gasteiger partial charge in [0.2, 0.25) is 0 Å². The highest BCUT2D eigenvalue weighted by Gasteiger charge is 2.38. The second-order valence-corrected chi connectivity index (χ2v) is 24.2. The molecule has 0 atom stereocenters. The van der Waals surface area contributed by atoms with Gasteiger partial charge in [-0.3, -0.25) is 0 Å². The van der Waals surface area contributed by atoms with E-state index in [1.807, 2.05) is 0 Å². The monoisotopic (exact) mass is 1080 g/mol. The number of para-hydroxylation sites is 6. The molecule has 84 heavy (non-hydrogen) atoms. The van der Waals surface area contributed by atoms with Crippen LogP contribution in [0, 0.1) is 0 Å². The van der Waals surface area contributed by atoms with Crippen LogP contribution in [-0.4, -0.2) is 0 Å². The molecule has 0 bridgehead atoms. The molecule has 4 heteroatoms. The number of allylic oxidation sites excluding steroid dienone is 3. The number of fused-ring (bicyclic) bond motifs is 11. The molecule has 0 saturated heterocycles. The second kappa shape index (κ2) is 18.2. The van der Waals surface area contributed by atoms with Crippen molar-refractivity contribution in [3.8, 4) is 84.0 Å². The van der Waals surface area contributed by atoms with Gasteiger partial charge < -0.3 is 19.3 Å². The quantitative estimate of drug-likeness (QED) is 0.155. The minimum atomic E-state index is -0.166. The summed E-state index contributed by atoms with van der Waals surface area (Å²) in [5.41, 5.74) is 26.1. The molecule has 400 valence electrons. The highest BCUT2D eigenvalue weighted by atomic mass is 16.5. The molecule has 0 radical (unpaired) electrons. The Morgan fingerprint density at radius 2 is 0.738 bits per heavy atom. The molecule has 5 aliphatic rings. The maximum atomic E-state index is 6.73. The van der Waals surface area contributed by atoms with E-state index in [0.717, 1.165) is 91.5 Å². The Balaban J connectivity index is 0.979. The first-order chi connectivity index (χ1) is 41.2. The Labute approximate surface area is 490 Å². The number of hydrogen-bond donors (Lipinski definition) is 0. The Hall–Kier alpha value is -10.2. The summed E-state index contributed by atoms with van der Waals surface area (Å²) in [5, 5.41) is 4.65. The molecule has 0 N–H and O–H groups in total. The molecule has 12 aromatic carbocycles. The van der Waals surface area contributed by atoms with E-state index in [-0.39, 0.29) is 10.8 Å². The van der Waals surface area contributed by atoms with Gasteiger partial charge in [0, 0.05) is 28.6 Å². The molecule has 0 fully saturated rings. The summed E-state index contributed by atoms with van der Waals surface area (Å²) < 4.78 is 13.4. The third-order valence-corrected chi connectivity index (χ3v) is 18.9. The number of anilines is 5. The van der Waals surface area contributed by atoms with Crippen LogP contribution < -0.4 is 19.3 Å². The van der Waals surface area contributed by atoms with Crippen LogP contribution in [-0.2, 0) is 10.8 Å². The van der Waals surface area contributed by atoms with Gasteiger partial charge in [-0.05, 0) is 196 Å². The van der Waals surface area contributed by atoms with Crippen LogP contribution >= 0.6 is 0 Å². The molecule has 0 saturated carbocycles. The van der Waals surface area contributed by atoms with Crippen LogP contribution in [0.4, 0.5) is 28.4 Å². The van der Waals surface area contributed by atoms with E-state index in [1.54, 1.807) is 0 Å². The fourth-order valence-corrected chi connectivity index (χ4v) is 14.9. The highest BCUT2D eigenvalue weighted by Crippen LogP contribution is 2.57. The van der Waals surface area contributed by atoms with Crippen LogP contribution in [0.3, 0.4) is 0 Å². The Morgan fingerprint density at radius 3 is 1.25 bits per heavy atom. The topological polar surface area (TPSA) is 24.9 Å². The van der Waals surface area contributed by atoms with E-state index in [4.69, 9.17) is 9.47 Å². The van der Waals surface area contributed by atoms with Crippen molar-refractivity contribution in [3.63, 3.8) is 0 Å². The van der Waals surface area contributed by atoms with Gasteiger partial charge in [-0.25, -0.2) is 0 Å². The Bertz CT molecular complexity index is 4830. The van der Waals surface area contributed by atoms with Crippen molar-refractivity contribution in [1.82, 2.24) is 0 Å². The minimum Gasteiger partial charge on any atom is -0.457 e. The minimum absolute atomic E-state index is 0.165. The Kier molecular flexibility index (Phi) is 10.5. The molecule has 2 heterocycles. The molecule has 2 aliphatic heterocycles. The number of hydrogen-bond acceptors (Lipinski definition) is 4. The number of rotatable bonds is 6. The first kappa shape index (κ1) is 48.5. The van der Waals surface area contributed by atoms with Gasteiger partial charge >= 0.3 is 0 Å². The van der Waals surface area contributed by atoms with Crippen molar-refractivity contribution in [2.45, 2.75) is 51.4 Å². The largest absolute Gasteiger partial charge is 0.457 e. The first-order valence-electron chi connectivity index (χ1n) is 29.5. The summed E-state index contributed by atoms with van der Waals surface area (Å²) >= 11 is 0. The van der Waals surface area contributed by atoms with Gasteiger partial charge in [0.05, 0.1) is 22.8 Å². The van der Waals surface area contributed by atoms with E-state index in [0.29, 0.717) is 0 Å². The summed E-state index contributed by atoms with van der Waals surface area (Å²) in [6.07, 6.45) is 6.31. The predicted octanol–water partition coefficient (Wildman–Crippen LogP) is 21.9. The van der Waals surface area contributed by atoms with Gasteiger partial charge in [-0.2, -0.15) is 0 Å². The second-order valence-electron chi connectivity index (χ2n) is 24.2. The molecular weight excluding hydrogens is 1020 g/mol. The summed E-state index contributed by atoms with van der Waals surface area (Å²) in [6.45, 7) is 9.52. The van der Waals surface area contributed by atoms with E-state index in [2.05, 4.69) is 292 Å². The molecule has 12 aromatic rings. The zero-order valence-corrected chi connectivity index (χ0v) is 47.4. The Morgan fingerprint density at radius 1 is 0.333 bits per heavy atom. The molecule has 0 amide bonds. The molecule has 17 rings (SSSR count). The number of nitrogens with zero attached hydrogens (tertiary/aromatic N) is 2. The lowest BCUT2D eigenvalue weighted by molar-refractivity contribution is 0.388. The van der Waals surface area contributed by atoms with Crippen molar-refractivity contribution < 1.29 is 9.47 Å². The fourth-order valence-electron chi connectivity index (χ4n) is 14.9. The van der Waals surface area contributed by atoms with Gasteiger partial charge in [0.15, 0.2) is 17.2 Å². The van der Waals surface area contributed by atoms with Crippen LogP contribution in [0.2, 0.25) is 0 Å². The van der Waals surface area contributed by atoms with Crippen molar-refractivity contribution in [2.75, 3.05) is 9.80 Å². The van der Waals surface area contributed by atoms with Crippen molar-refractivity contribution in [3.05, 3.63) is 289 Å². The average Bonchev–Trinajstić information content (AvgIpc) is 2.01. The van der Waals surface area contributed by atoms with Crippen molar-refractivity contribution >= 4 is 50.0 Å². The van der Waals surface area contributed by atoms with Gasteiger partial charge in [-0.1, -0.05) is 204 Å². The van der Waals surface area contributed by atoms with Gasteiger partial charge in [0.25, 0.3) is 0 Å². The first-order valence-corrected chi connectivity index (χ1v) is 29.5. The average molecular weight is 1080 g/mol. The molecule has 0 spiro atoms. The molecule has 3 aliphatic carbocycles. The molecule has 0 unspecified atom stereocenters. The maximum Gasteiger partial charge on any atom is 0.151 e. The van der Waals surface area contributed by atoms with Crippen molar-refractivity contribution in [2.24, 2.45) is 0 Å². The van der Waals surface area contributed by atoms with Gasteiger partial charge in [0.1, 0.15) is 5.76 Å². The standard InChI is InChI=1S/C80H58N2O2/c1-79(2)65-27-11-9-23-55(65)57-41-37-49(45-67(57)79)53-21-5-7-25-59(53)77-61-43-39-52(82-71-31-15-19-35-75(71)84-76-36-20-16-32-72(76)82)48-64(61)78(60-26-8-6-22-54(60)50-38-42-58-56-24-10-12-28-66(56)80(3,4)68(58)46-50)62-44-40-51(47-63(62)77)81-69-29-13-17-33-73(69)83-74-34-18-14-30-70(74)81/h5-19,21-35,37-48H,20,36H2,1-4H3. The van der Waals surface area contributed by atoms with Crippen LogP contribution in [0.1, 0.15) is 62.8 Å². The predicted molar refractivity (Wildman–Crippen MR) is 348 cm³/mol. The van der Waals surface area contributed by atoms with Crippen LogP contribution in [0.5, 0.6) is 17.2 Å². The van der Waals surface area contributed by atoms with Crippen molar-refractivity contribution in [1.29, 1.82) is 0 Å². The lowest BCUT2D eigenvalue weighted by atomic mass is 9.79. The number of ether oxygens (including phenoxy) is 2. The van der Waals surface area contributed by atoms with E-state index in [9.17, 15) is 0 Å². The normalized spacial score (nSPS) is 15.3. The molecular formula is C80H58N2O2. The van der Waals surface area contributed by atoms with E-state index in [1.165, 1.54) is 89.0 Å². The zero-order valence-electron chi connectivity index (χ0n) is 47.4. The van der Waals surface area contributed by atoms with Crippen LogP contribution in [0.15, 0.2) is 266 Å². The summed E-state index contributed by atoms with van der Waals surface area (Å²) in [4.78, 5) is 4.81. The summed E-state index contributed by atoms with van der Waals surface area (Å²) in [6, 6.07) is 90.3. The molecule has 4 nitrogen and oxygen atoms in total. The lowest BCUT2D eigenvalue weighted by Gasteiger charge is -2.35. The third kappa shape index (κ3) is 7.07.